The first-order valence-electron chi connectivity index (χ1n) is 16.6. The molecule has 0 spiro atoms. The summed E-state index contributed by atoms with van der Waals surface area (Å²) < 4.78 is 54.4. The summed E-state index contributed by atoms with van der Waals surface area (Å²) in [4.78, 5) is 14.1. The van der Waals surface area contributed by atoms with Crippen LogP contribution in [-0.4, -0.2) is 78.6 Å². The van der Waals surface area contributed by atoms with Gasteiger partial charge >= 0.3 is 0 Å². The maximum Gasteiger partial charge on any atom is 0.232 e. The Hall–Kier alpha value is -3.62. The van der Waals surface area contributed by atoms with Crippen molar-refractivity contribution in [1.82, 2.24) is 49.1 Å². The second-order valence-electron chi connectivity index (χ2n) is 14.3. The number of carbonyl (C=O) groups is 1. The molecule has 50 heavy (non-hydrogen) atoms. The fourth-order valence-electron chi connectivity index (χ4n) is 6.16. The number of nitrogens with one attached hydrogen (secondary N) is 3. The number of H-pyrrole nitrogens is 1. The van der Waals surface area contributed by atoms with Crippen molar-refractivity contribution in [3.05, 3.63) is 39.6 Å². The number of rotatable bonds is 15. The zero-order valence-corrected chi connectivity index (χ0v) is 31.2. The average Bonchev–Trinajstić information content (AvgIpc) is 3.75. The number of hydrogen-bond acceptors (Lipinski definition) is 11. The lowest BCUT2D eigenvalue weighted by molar-refractivity contribution is -0.109. The number of aromatic nitrogens is 8. The normalized spacial score (nSPS) is 17.6. The fraction of sp³-hybridized carbons (Fsp3) is 0.613. The molecular weight excluding hydrogens is 689 g/mol. The second-order valence-corrected chi connectivity index (χ2v) is 17.0. The van der Waals surface area contributed by atoms with E-state index in [1.165, 1.54) is 22.9 Å². The Balaban J connectivity index is 1.58. The highest BCUT2D eigenvalue weighted by Crippen LogP contribution is 2.42. The lowest BCUT2D eigenvalue weighted by Crippen LogP contribution is -2.32. The molecule has 5 rings (SSSR count). The van der Waals surface area contributed by atoms with E-state index >= 15 is 0 Å². The molecule has 0 radical (unpaired) electrons. The number of allylic oxidation sites excluding steroid dienone is 2. The van der Waals surface area contributed by atoms with Gasteiger partial charge in [0, 0.05) is 5.41 Å². The number of ketones is 1. The highest BCUT2D eigenvalue weighted by molar-refractivity contribution is 7.89. The third-order valence-corrected chi connectivity index (χ3v) is 10.7. The summed E-state index contributed by atoms with van der Waals surface area (Å²) in [6, 6.07) is -1.56. The average molecular weight is 735 g/mol. The summed E-state index contributed by atoms with van der Waals surface area (Å²) in [6.45, 7) is 14.0. The molecule has 0 amide bonds. The van der Waals surface area contributed by atoms with Gasteiger partial charge in [-0.15, -0.1) is 20.4 Å². The quantitative estimate of drug-likeness (QED) is 0.0763. The number of carbonyl (C=O) groups excluding carboxylic acids is 1. The van der Waals surface area contributed by atoms with Crippen molar-refractivity contribution < 1.29 is 32.2 Å². The number of fused-ring (bicyclic) bond motifs is 2. The molecule has 17 nitrogen and oxygen atoms in total. The van der Waals surface area contributed by atoms with Gasteiger partial charge in [0.05, 0.1) is 51.2 Å². The van der Waals surface area contributed by atoms with Crippen molar-refractivity contribution in [2.24, 2.45) is 0 Å². The highest BCUT2D eigenvalue weighted by Gasteiger charge is 2.44. The van der Waals surface area contributed by atoms with E-state index in [2.05, 4.69) is 47.0 Å². The van der Waals surface area contributed by atoms with E-state index < -0.39 is 50.2 Å². The van der Waals surface area contributed by atoms with Crippen LogP contribution < -0.4 is 14.7 Å². The number of aromatic amines is 1. The number of nitrogens with zero attached hydrogens (tertiary/aromatic N) is 7. The summed E-state index contributed by atoms with van der Waals surface area (Å²) >= 11 is -2.34. The zero-order valence-electron chi connectivity index (χ0n) is 29.5. The van der Waals surface area contributed by atoms with Crippen LogP contribution in [0.25, 0.3) is 22.4 Å². The molecule has 4 aromatic rings. The smallest absolute Gasteiger partial charge is 0.232 e. The van der Waals surface area contributed by atoms with Crippen LogP contribution in [0, 0.1) is 0 Å². The van der Waals surface area contributed by atoms with Crippen LogP contribution in [0.1, 0.15) is 135 Å². The molecule has 3 atom stereocenters. The number of aliphatic hydroxyl groups is 2. The maximum atomic E-state index is 14.1. The Kier molecular flexibility index (Phi) is 10.4. The Labute approximate surface area is 292 Å². The zero-order chi connectivity index (χ0) is 36.9. The van der Waals surface area contributed by atoms with Crippen LogP contribution in [0.5, 0.6) is 0 Å². The van der Waals surface area contributed by atoms with E-state index in [9.17, 15) is 32.2 Å². The second kappa shape index (κ2) is 13.8. The van der Waals surface area contributed by atoms with E-state index in [1.807, 2.05) is 20.8 Å². The van der Waals surface area contributed by atoms with E-state index in [1.54, 1.807) is 13.8 Å². The van der Waals surface area contributed by atoms with E-state index in [4.69, 9.17) is 0 Å². The molecule has 1 aliphatic carbocycles. The summed E-state index contributed by atoms with van der Waals surface area (Å²) in [7, 11) is -3.66. The summed E-state index contributed by atoms with van der Waals surface area (Å²) in [5.41, 5.74) is -1.39. The molecule has 0 fully saturated rings. The van der Waals surface area contributed by atoms with Crippen LogP contribution in [0.2, 0.25) is 0 Å². The first kappa shape index (κ1) is 37.6. The fourth-order valence-corrected chi connectivity index (χ4v) is 7.91. The molecule has 1 aliphatic rings. The lowest BCUT2D eigenvalue weighted by Gasteiger charge is -2.25. The number of unbranched alkanes of at least 4 members (excludes halogenated alkanes) is 5. The molecule has 0 bridgehead atoms. The van der Waals surface area contributed by atoms with Crippen molar-refractivity contribution in [1.29, 1.82) is 0 Å². The van der Waals surface area contributed by atoms with Gasteiger partial charge in [0.1, 0.15) is 11.4 Å². The number of hydrogen-bond donors (Lipinski definition) is 6. The summed E-state index contributed by atoms with van der Waals surface area (Å²) in [6.07, 6.45) is 5.63. The number of aliphatic hydroxyl groups excluding tert-OH is 1. The van der Waals surface area contributed by atoms with Crippen molar-refractivity contribution >= 4 is 49.5 Å². The number of Topliss-reactive ketones (excluding diaryl/α,β-unsaturated/α-hetero) is 1. The van der Waals surface area contributed by atoms with Crippen LogP contribution >= 0.6 is 0 Å². The van der Waals surface area contributed by atoms with Gasteiger partial charge in [-0.1, -0.05) is 59.8 Å². The van der Waals surface area contributed by atoms with Gasteiger partial charge < -0.3 is 10.2 Å². The van der Waals surface area contributed by atoms with Crippen LogP contribution in [0.15, 0.2) is 5.76 Å². The minimum absolute atomic E-state index is 0.0332. The van der Waals surface area contributed by atoms with Gasteiger partial charge in [-0.25, -0.2) is 26.6 Å². The van der Waals surface area contributed by atoms with E-state index in [0.29, 0.717) is 12.1 Å². The monoisotopic (exact) mass is 734 g/mol. The topological polar surface area (TPSA) is 242 Å². The largest absolute Gasteiger partial charge is 0.506 e. The summed E-state index contributed by atoms with van der Waals surface area (Å²) in [5.74, 6) is -0.571. The molecule has 4 aromatic heterocycles. The van der Waals surface area contributed by atoms with Crippen molar-refractivity contribution in [3.8, 4) is 0 Å². The lowest BCUT2D eigenvalue weighted by atomic mass is 9.79. The molecule has 0 aromatic carbocycles. The SMILES string of the molecule is CCCCCCCCS(=O)(=O)NC(C)c1nnc2c(C3=C(O)/C(=c4/c(C(C)(C)C)nn5c(C(C)NS(=O)O)nnc45)C3=O)c(C(C)(C)O)[nH]n12. The Bertz CT molecular complexity index is 2150. The predicted octanol–water partition coefficient (Wildman–Crippen LogP) is 2.57. The third kappa shape index (κ3) is 7.11. The molecule has 4 heterocycles. The van der Waals surface area contributed by atoms with Gasteiger partial charge in [-0.3, -0.25) is 14.4 Å². The third-order valence-electron chi connectivity index (χ3n) is 8.64. The van der Waals surface area contributed by atoms with Gasteiger partial charge in [-0.2, -0.15) is 9.61 Å². The molecule has 0 saturated carbocycles. The number of sulfonamides is 1. The molecule has 3 unspecified atom stereocenters. The molecule has 274 valence electrons. The molecule has 0 aliphatic heterocycles. The van der Waals surface area contributed by atoms with Crippen LogP contribution in [0.3, 0.4) is 0 Å². The summed E-state index contributed by atoms with van der Waals surface area (Å²) in [5, 5.41) is 47.6. The predicted molar refractivity (Wildman–Crippen MR) is 186 cm³/mol. The van der Waals surface area contributed by atoms with Gasteiger partial charge in [0.15, 0.2) is 22.9 Å². The minimum atomic E-state index is -3.66. The van der Waals surface area contributed by atoms with Crippen molar-refractivity contribution in [2.75, 3.05) is 5.75 Å². The van der Waals surface area contributed by atoms with Crippen molar-refractivity contribution in [3.63, 3.8) is 0 Å². The standard InChI is InChI=1S/C31H46N10O7S2/c1-9-10-11-12-13-14-15-50(47,48)39-17(3)27-33-35-29-21(25(31(7,8)44)37-41(27)29)19-22(42)18(23(19)43)20-24(30(4,5)6)36-40-26(32-34-28(20)40)16(2)38-49(45)46/h16-17,37-39,42,44H,9-15H2,1-8H3,(H,45,46)/b20-18+. The van der Waals surface area contributed by atoms with E-state index in [0.717, 1.165) is 32.1 Å². The highest BCUT2D eigenvalue weighted by atomic mass is 32.2. The first-order valence-corrected chi connectivity index (χ1v) is 19.4. The van der Waals surface area contributed by atoms with Gasteiger partial charge in [-0.05, 0) is 34.1 Å². The Morgan fingerprint density at radius 3 is 2.14 bits per heavy atom. The van der Waals surface area contributed by atoms with Gasteiger partial charge in [0.25, 0.3) is 0 Å². The molecule has 19 heteroatoms. The Morgan fingerprint density at radius 2 is 1.54 bits per heavy atom. The van der Waals surface area contributed by atoms with Crippen LogP contribution in [-0.2, 0) is 37.1 Å². The first-order chi connectivity index (χ1) is 23.3. The minimum Gasteiger partial charge on any atom is -0.506 e. The Morgan fingerprint density at radius 1 is 0.920 bits per heavy atom. The van der Waals surface area contributed by atoms with Crippen molar-refractivity contribution in [2.45, 2.75) is 117 Å². The molecular formula is C31H46N10O7S2. The maximum absolute atomic E-state index is 14.1. The van der Waals surface area contributed by atoms with Crippen LogP contribution in [0.4, 0.5) is 0 Å². The molecule has 0 saturated heterocycles. The van der Waals surface area contributed by atoms with Gasteiger partial charge in [0.2, 0.25) is 27.1 Å². The molecule has 6 N–H and O–H groups in total. The van der Waals surface area contributed by atoms with E-state index in [-0.39, 0.29) is 62.1 Å².